The number of benzene rings is 1. The lowest BCUT2D eigenvalue weighted by molar-refractivity contribution is 0.690. The highest BCUT2D eigenvalue weighted by atomic mass is 79.9. The van der Waals surface area contributed by atoms with Crippen molar-refractivity contribution in [3.8, 4) is 0 Å². The van der Waals surface area contributed by atoms with Gasteiger partial charge < -0.3 is 10.6 Å². The monoisotopic (exact) mass is 338 g/mol. The van der Waals surface area contributed by atoms with Gasteiger partial charge in [-0.2, -0.15) is 5.10 Å². The molecule has 0 bridgehead atoms. The van der Waals surface area contributed by atoms with Crippen LogP contribution in [0.2, 0.25) is 0 Å². The highest BCUT2D eigenvalue weighted by molar-refractivity contribution is 9.10. The summed E-state index contributed by atoms with van der Waals surface area (Å²) >= 11 is 8.53. The molecule has 0 aliphatic rings. The van der Waals surface area contributed by atoms with Crippen LogP contribution in [0, 0.1) is 0 Å². The van der Waals surface area contributed by atoms with E-state index in [0.717, 1.165) is 23.4 Å². The smallest absolute Gasteiger partial charge is 0.171 e. The molecule has 0 fully saturated rings. The fourth-order valence-electron chi connectivity index (χ4n) is 1.61. The van der Waals surface area contributed by atoms with Crippen LogP contribution in [0.5, 0.6) is 0 Å². The lowest BCUT2D eigenvalue weighted by atomic mass is 10.2. The van der Waals surface area contributed by atoms with Crippen molar-refractivity contribution in [3.05, 3.63) is 46.6 Å². The van der Waals surface area contributed by atoms with Crippen molar-refractivity contribution >= 4 is 39.1 Å². The fourth-order valence-corrected chi connectivity index (χ4v) is 2.13. The van der Waals surface area contributed by atoms with Crippen LogP contribution < -0.4 is 10.6 Å². The lowest BCUT2D eigenvalue weighted by Crippen LogP contribution is -2.28. The first-order chi connectivity index (χ1) is 9.17. The second-order valence-electron chi connectivity index (χ2n) is 4.01. The summed E-state index contributed by atoms with van der Waals surface area (Å²) in [6.07, 6.45) is 1.93. The summed E-state index contributed by atoms with van der Waals surface area (Å²) in [5.41, 5.74) is 1.20. The normalized spacial score (nSPS) is 10.2. The minimum atomic E-state index is 0.594. The van der Waals surface area contributed by atoms with Gasteiger partial charge in [0.15, 0.2) is 10.9 Å². The Kier molecular flexibility index (Phi) is 4.93. The third-order valence-corrected chi connectivity index (χ3v) is 3.25. The first-order valence-corrected chi connectivity index (χ1v) is 7.20. The van der Waals surface area contributed by atoms with Gasteiger partial charge in [0.25, 0.3) is 0 Å². The Morgan fingerprint density at radius 2 is 2.05 bits per heavy atom. The minimum absolute atomic E-state index is 0.594. The van der Waals surface area contributed by atoms with Crippen LogP contribution in [0.25, 0.3) is 0 Å². The van der Waals surface area contributed by atoms with Gasteiger partial charge >= 0.3 is 0 Å². The molecule has 0 aliphatic heterocycles. The van der Waals surface area contributed by atoms with E-state index in [9.17, 15) is 0 Å². The Morgan fingerprint density at radius 1 is 1.32 bits per heavy atom. The number of anilines is 1. The topological polar surface area (TPSA) is 41.9 Å². The second kappa shape index (κ2) is 6.68. The van der Waals surface area contributed by atoms with Crippen LogP contribution in [0.15, 0.2) is 41.0 Å². The summed E-state index contributed by atoms with van der Waals surface area (Å²) in [7, 11) is 0. The standard InChI is InChI=1S/C13H15BrN4S/c1-2-15-13(19)16-12-7-8-18(17-12)9-10-3-5-11(14)6-4-10/h3-8H,2,9H2,1H3,(H2,15,16,17,19). The van der Waals surface area contributed by atoms with Crippen molar-refractivity contribution in [2.75, 3.05) is 11.9 Å². The summed E-state index contributed by atoms with van der Waals surface area (Å²) in [5, 5.41) is 11.1. The minimum Gasteiger partial charge on any atom is -0.363 e. The molecule has 0 saturated carbocycles. The number of nitrogens with zero attached hydrogens (tertiary/aromatic N) is 2. The summed E-state index contributed by atoms with van der Waals surface area (Å²) < 4.78 is 2.95. The number of aromatic nitrogens is 2. The van der Waals surface area contributed by atoms with Crippen molar-refractivity contribution in [1.29, 1.82) is 0 Å². The number of nitrogens with one attached hydrogen (secondary N) is 2. The van der Waals surface area contributed by atoms with E-state index in [1.807, 2.05) is 36.0 Å². The third kappa shape index (κ3) is 4.33. The molecule has 0 unspecified atom stereocenters. The average Bonchev–Trinajstić information content (AvgIpc) is 2.80. The molecule has 0 spiro atoms. The molecular weight excluding hydrogens is 324 g/mol. The zero-order chi connectivity index (χ0) is 13.7. The molecule has 19 heavy (non-hydrogen) atoms. The van der Waals surface area contributed by atoms with Gasteiger partial charge in [-0.05, 0) is 36.8 Å². The maximum absolute atomic E-state index is 5.11. The second-order valence-corrected chi connectivity index (χ2v) is 5.33. The molecule has 4 nitrogen and oxygen atoms in total. The van der Waals surface area contributed by atoms with Gasteiger partial charge in [-0.15, -0.1) is 0 Å². The maximum Gasteiger partial charge on any atom is 0.171 e. The zero-order valence-corrected chi connectivity index (χ0v) is 13.0. The number of thiocarbonyl (C=S) groups is 1. The van der Waals surface area contributed by atoms with Gasteiger partial charge in [-0.1, -0.05) is 28.1 Å². The molecule has 1 heterocycles. The van der Waals surface area contributed by atoms with E-state index in [1.165, 1.54) is 5.56 Å². The molecule has 0 radical (unpaired) electrons. The van der Waals surface area contributed by atoms with E-state index in [0.29, 0.717) is 5.11 Å². The third-order valence-electron chi connectivity index (χ3n) is 2.48. The summed E-state index contributed by atoms with van der Waals surface area (Å²) in [5.74, 6) is 0.753. The molecule has 0 atom stereocenters. The van der Waals surface area contributed by atoms with Gasteiger partial charge in [0.2, 0.25) is 0 Å². The van der Waals surface area contributed by atoms with Crippen molar-refractivity contribution in [3.63, 3.8) is 0 Å². The molecule has 1 aromatic carbocycles. The van der Waals surface area contributed by atoms with E-state index < -0.39 is 0 Å². The first-order valence-electron chi connectivity index (χ1n) is 6.00. The highest BCUT2D eigenvalue weighted by Crippen LogP contribution is 2.12. The first kappa shape index (κ1) is 14.0. The predicted molar refractivity (Wildman–Crippen MR) is 85.4 cm³/mol. The Bertz CT molecular complexity index is 550. The Morgan fingerprint density at radius 3 is 2.74 bits per heavy atom. The van der Waals surface area contributed by atoms with Gasteiger partial charge in [0.05, 0.1) is 6.54 Å². The van der Waals surface area contributed by atoms with Gasteiger partial charge in [0.1, 0.15) is 0 Å². The van der Waals surface area contributed by atoms with Crippen molar-refractivity contribution in [1.82, 2.24) is 15.1 Å². The number of hydrogen-bond acceptors (Lipinski definition) is 2. The van der Waals surface area contributed by atoms with E-state index >= 15 is 0 Å². The van der Waals surface area contributed by atoms with Crippen molar-refractivity contribution in [2.45, 2.75) is 13.5 Å². The lowest BCUT2D eigenvalue weighted by Gasteiger charge is -2.05. The molecular formula is C13H15BrN4S. The number of halogens is 1. The Hall–Kier alpha value is -1.40. The van der Waals surface area contributed by atoms with Crippen LogP contribution >= 0.6 is 28.1 Å². The molecule has 1 aromatic heterocycles. The number of rotatable bonds is 4. The van der Waals surface area contributed by atoms with Crippen molar-refractivity contribution in [2.24, 2.45) is 0 Å². The van der Waals surface area contributed by atoms with Crippen LogP contribution in [0.4, 0.5) is 5.82 Å². The quantitative estimate of drug-likeness (QED) is 0.841. The van der Waals surface area contributed by atoms with Crippen molar-refractivity contribution < 1.29 is 0 Å². The van der Waals surface area contributed by atoms with E-state index in [1.54, 1.807) is 0 Å². The molecule has 2 aromatic rings. The SMILES string of the molecule is CCNC(=S)Nc1ccn(Cc2ccc(Br)cc2)n1. The summed E-state index contributed by atoms with van der Waals surface area (Å²) in [6, 6.07) is 10.1. The summed E-state index contributed by atoms with van der Waals surface area (Å²) in [6.45, 7) is 3.54. The van der Waals surface area contributed by atoms with Crippen LogP contribution in [-0.4, -0.2) is 21.4 Å². The summed E-state index contributed by atoms with van der Waals surface area (Å²) in [4.78, 5) is 0. The predicted octanol–water partition coefficient (Wildman–Crippen LogP) is 3.00. The van der Waals surface area contributed by atoms with Gasteiger partial charge in [-0.3, -0.25) is 4.68 Å². The van der Waals surface area contributed by atoms with Gasteiger partial charge in [0, 0.05) is 23.3 Å². The average molecular weight is 339 g/mol. The Balaban J connectivity index is 1.97. The number of hydrogen-bond donors (Lipinski definition) is 2. The van der Waals surface area contributed by atoms with Gasteiger partial charge in [-0.25, -0.2) is 0 Å². The maximum atomic E-state index is 5.11. The zero-order valence-electron chi connectivity index (χ0n) is 10.6. The Labute approximate surface area is 126 Å². The molecule has 2 rings (SSSR count). The van der Waals surface area contributed by atoms with E-state index in [-0.39, 0.29) is 0 Å². The molecule has 0 aliphatic carbocycles. The fraction of sp³-hybridized carbons (Fsp3) is 0.231. The largest absolute Gasteiger partial charge is 0.363 e. The van der Waals surface area contributed by atoms with Crippen LogP contribution in [0.3, 0.4) is 0 Å². The van der Waals surface area contributed by atoms with Crippen LogP contribution in [-0.2, 0) is 6.54 Å². The van der Waals surface area contributed by atoms with E-state index in [4.69, 9.17) is 12.2 Å². The van der Waals surface area contributed by atoms with Crippen LogP contribution in [0.1, 0.15) is 12.5 Å². The highest BCUT2D eigenvalue weighted by Gasteiger charge is 2.01. The molecule has 2 N–H and O–H groups in total. The van der Waals surface area contributed by atoms with E-state index in [2.05, 4.69) is 43.8 Å². The molecule has 0 amide bonds. The molecule has 0 saturated heterocycles. The molecule has 6 heteroatoms. The molecule has 100 valence electrons.